The summed E-state index contributed by atoms with van der Waals surface area (Å²) >= 11 is 7.27. The highest BCUT2D eigenvalue weighted by Gasteiger charge is 2.13. The summed E-state index contributed by atoms with van der Waals surface area (Å²) < 4.78 is 37.7. The van der Waals surface area contributed by atoms with Gasteiger partial charge in [0.05, 0.1) is 26.6 Å². The van der Waals surface area contributed by atoms with Crippen LogP contribution in [0.25, 0.3) is 20.7 Å². The number of nitrogens with zero attached hydrogens (tertiary/aromatic N) is 2. The van der Waals surface area contributed by atoms with Gasteiger partial charge in [-0.1, -0.05) is 35.9 Å². The van der Waals surface area contributed by atoms with Crippen LogP contribution in [0.2, 0.25) is 5.02 Å². The summed E-state index contributed by atoms with van der Waals surface area (Å²) in [7, 11) is -3.26. The van der Waals surface area contributed by atoms with Crippen LogP contribution in [0, 0.1) is 5.82 Å². The lowest BCUT2D eigenvalue weighted by Crippen LogP contribution is -2.14. The number of hydrogen-bond acceptors (Lipinski definition) is 7. The number of halogens is 2. The van der Waals surface area contributed by atoms with Crippen LogP contribution < -0.4 is 10.6 Å². The molecule has 192 valence electrons. The van der Waals surface area contributed by atoms with Gasteiger partial charge in [0.2, 0.25) is 5.91 Å². The van der Waals surface area contributed by atoms with Crippen molar-refractivity contribution in [2.75, 3.05) is 16.9 Å². The molecule has 0 unspecified atom stereocenters. The number of benzene rings is 3. The lowest BCUT2D eigenvalue weighted by atomic mass is 10.1. The fourth-order valence-electron chi connectivity index (χ4n) is 3.76. The van der Waals surface area contributed by atoms with E-state index < -0.39 is 15.7 Å². The molecule has 0 spiro atoms. The van der Waals surface area contributed by atoms with Gasteiger partial charge in [-0.15, -0.1) is 11.3 Å². The Morgan fingerprint density at radius 2 is 1.68 bits per heavy atom. The summed E-state index contributed by atoms with van der Waals surface area (Å²) in [6, 6.07) is 20.1. The first-order valence-electron chi connectivity index (χ1n) is 11.3. The zero-order valence-electron chi connectivity index (χ0n) is 19.9. The van der Waals surface area contributed by atoms with Crippen molar-refractivity contribution >= 4 is 66.1 Å². The highest BCUT2D eigenvalue weighted by molar-refractivity contribution is 7.90. The van der Waals surface area contributed by atoms with Crippen LogP contribution in [-0.2, 0) is 21.1 Å². The van der Waals surface area contributed by atoms with E-state index in [1.165, 1.54) is 42.1 Å². The Balaban J connectivity index is 1.29. The fraction of sp³-hybridized carbons (Fsp3) is 0.0741. The van der Waals surface area contributed by atoms with Crippen molar-refractivity contribution < 1.29 is 17.6 Å². The summed E-state index contributed by atoms with van der Waals surface area (Å²) in [6.07, 6.45) is 2.80. The largest absolute Gasteiger partial charge is 0.339 e. The van der Waals surface area contributed by atoms with E-state index >= 15 is 0 Å². The minimum absolute atomic E-state index is 0.0558. The number of sulfone groups is 1. The third-order valence-electron chi connectivity index (χ3n) is 5.66. The number of aromatic nitrogens is 2. The van der Waals surface area contributed by atoms with E-state index in [1.54, 1.807) is 24.3 Å². The lowest BCUT2D eigenvalue weighted by Gasteiger charge is -2.08. The number of nitrogens with one attached hydrogen (secondary N) is 2. The second kappa shape index (κ2) is 10.5. The highest BCUT2D eigenvalue weighted by Crippen LogP contribution is 2.36. The maximum Gasteiger partial charge on any atom is 0.228 e. The summed E-state index contributed by atoms with van der Waals surface area (Å²) in [5.74, 6) is -0.157. The number of amides is 1. The SMILES string of the molecule is CS(=O)(=O)c1ccc(-c2cc3ncnc(Nc4ccc(CC(=O)Nc5ccc(F)c(Cl)c5)cc4)c3s2)cc1. The van der Waals surface area contributed by atoms with Crippen molar-refractivity contribution in [2.45, 2.75) is 11.3 Å². The molecule has 0 saturated carbocycles. The van der Waals surface area contributed by atoms with Crippen LogP contribution in [0.1, 0.15) is 5.56 Å². The second-order valence-electron chi connectivity index (χ2n) is 8.52. The minimum Gasteiger partial charge on any atom is -0.339 e. The third-order valence-corrected chi connectivity index (χ3v) is 8.26. The van der Waals surface area contributed by atoms with Crippen molar-refractivity contribution in [1.29, 1.82) is 0 Å². The lowest BCUT2D eigenvalue weighted by molar-refractivity contribution is -0.115. The van der Waals surface area contributed by atoms with Gasteiger partial charge in [-0.3, -0.25) is 4.79 Å². The van der Waals surface area contributed by atoms with E-state index in [9.17, 15) is 17.6 Å². The van der Waals surface area contributed by atoms with Gasteiger partial charge in [-0.05, 0) is 59.7 Å². The predicted molar refractivity (Wildman–Crippen MR) is 149 cm³/mol. The number of anilines is 3. The molecule has 0 atom stereocenters. The number of fused-ring (bicyclic) bond motifs is 1. The van der Waals surface area contributed by atoms with E-state index in [-0.39, 0.29) is 22.2 Å². The number of hydrogen-bond donors (Lipinski definition) is 2. The number of carbonyl (C=O) groups is 1. The van der Waals surface area contributed by atoms with E-state index in [4.69, 9.17) is 11.6 Å². The maximum absolute atomic E-state index is 13.3. The molecular formula is C27H20ClFN4O3S2. The smallest absolute Gasteiger partial charge is 0.228 e. The summed E-state index contributed by atoms with van der Waals surface area (Å²) in [5, 5.41) is 5.95. The number of rotatable bonds is 7. The first kappa shape index (κ1) is 25.8. The number of thiophene rings is 1. The Kier molecular flexibility index (Phi) is 7.11. The first-order valence-corrected chi connectivity index (χ1v) is 14.4. The number of carbonyl (C=O) groups excluding carboxylic acids is 1. The van der Waals surface area contributed by atoms with Crippen molar-refractivity contribution in [2.24, 2.45) is 0 Å². The molecule has 0 aliphatic carbocycles. The van der Waals surface area contributed by atoms with E-state index in [2.05, 4.69) is 20.6 Å². The third kappa shape index (κ3) is 5.83. The Hall–Kier alpha value is -3.86. The molecule has 0 aliphatic rings. The van der Waals surface area contributed by atoms with Crippen molar-refractivity contribution in [1.82, 2.24) is 9.97 Å². The molecule has 11 heteroatoms. The monoisotopic (exact) mass is 566 g/mol. The maximum atomic E-state index is 13.3. The van der Waals surface area contributed by atoms with Crippen molar-refractivity contribution in [3.63, 3.8) is 0 Å². The molecule has 2 heterocycles. The Morgan fingerprint density at radius 1 is 0.974 bits per heavy atom. The average Bonchev–Trinajstić information content (AvgIpc) is 3.33. The van der Waals surface area contributed by atoms with Crippen LogP contribution in [0.4, 0.5) is 21.6 Å². The molecule has 0 fully saturated rings. The molecule has 0 radical (unpaired) electrons. The van der Waals surface area contributed by atoms with E-state index in [0.717, 1.165) is 31.9 Å². The molecule has 5 rings (SSSR count). The summed E-state index contributed by atoms with van der Waals surface area (Å²) in [4.78, 5) is 22.3. The quantitative estimate of drug-likeness (QED) is 0.234. The van der Waals surface area contributed by atoms with Crippen LogP contribution >= 0.6 is 22.9 Å². The molecule has 0 aliphatic heterocycles. The zero-order valence-corrected chi connectivity index (χ0v) is 22.3. The van der Waals surface area contributed by atoms with Gasteiger partial charge >= 0.3 is 0 Å². The Morgan fingerprint density at radius 3 is 2.37 bits per heavy atom. The van der Waals surface area contributed by atoms with Gasteiger partial charge in [0.1, 0.15) is 12.1 Å². The molecule has 1 amide bonds. The first-order chi connectivity index (χ1) is 18.2. The summed E-state index contributed by atoms with van der Waals surface area (Å²) in [5.41, 5.74) is 3.66. The Labute approximate surface area is 227 Å². The average molecular weight is 567 g/mol. The van der Waals surface area contributed by atoms with E-state index in [1.807, 2.05) is 30.3 Å². The molecule has 3 aromatic carbocycles. The molecule has 0 bridgehead atoms. The van der Waals surface area contributed by atoms with Crippen LogP contribution in [0.15, 0.2) is 84.0 Å². The topological polar surface area (TPSA) is 101 Å². The normalized spacial score (nSPS) is 11.4. The van der Waals surface area contributed by atoms with Gasteiger partial charge in [0, 0.05) is 22.5 Å². The Bertz CT molecular complexity index is 1760. The molecule has 2 N–H and O–H groups in total. The predicted octanol–water partition coefficient (Wildman–Crippen LogP) is 6.48. The van der Waals surface area contributed by atoms with Gasteiger partial charge in [-0.25, -0.2) is 22.8 Å². The second-order valence-corrected chi connectivity index (χ2v) is 12.0. The van der Waals surface area contributed by atoms with Gasteiger partial charge in [0.25, 0.3) is 0 Å². The van der Waals surface area contributed by atoms with Gasteiger partial charge in [-0.2, -0.15) is 0 Å². The van der Waals surface area contributed by atoms with Crippen LogP contribution in [-0.4, -0.2) is 30.5 Å². The minimum atomic E-state index is -3.26. The van der Waals surface area contributed by atoms with E-state index in [0.29, 0.717) is 11.5 Å². The molecule has 38 heavy (non-hydrogen) atoms. The molecular weight excluding hydrogens is 547 g/mol. The zero-order chi connectivity index (χ0) is 26.9. The van der Waals surface area contributed by atoms with Gasteiger partial charge in [0.15, 0.2) is 15.7 Å². The molecule has 2 aromatic heterocycles. The van der Waals surface area contributed by atoms with Crippen LogP contribution in [0.3, 0.4) is 0 Å². The van der Waals surface area contributed by atoms with Crippen LogP contribution in [0.5, 0.6) is 0 Å². The highest BCUT2D eigenvalue weighted by atomic mass is 35.5. The van der Waals surface area contributed by atoms with Crippen molar-refractivity contribution in [3.05, 3.63) is 95.5 Å². The van der Waals surface area contributed by atoms with Crippen molar-refractivity contribution in [3.8, 4) is 10.4 Å². The molecule has 0 saturated heterocycles. The van der Waals surface area contributed by atoms with Gasteiger partial charge < -0.3 is 10.6 Å². The summed E-state index contributed by atoms with van der Waals surface area (Å²) in [6.45, 7) is 0. The molecule has 5 aromatic rings. The fourth-order valence-corrected chi connectivity index (χ4v) is 5.63. The standard InChI is InChI=1S/C27H20ClFN4O3S2/c1-38(35,36)20-9-4-17(5-10-20)24-14-23-26(37-24)27(31-15-30-23)33-18-6-2-16(3-7-18)12-25(34)32-19-8-11-22(29)21(28)13-19/h2-11,13-15H,12H2,1H3,(H,32,34)(H,30,31,33). The molecule has 7 nitrogen and oxygen atoms in total.